The van der Waals surface area contributed by atoms with Crippen LogP contribution in [0.5, 0.6) is 5.75 Å². The summed E-state index contributed by atoms with van der Waals surface area (Å²) in [5, 5.41) is 2.88. The number of hydrogen-bond donors (Lipinski definition) is 2. The highest BCUT2D eigenvalue weighted by atomic mass is 16.5. The fourth-order valence-corrected chi connectivity index (χ4v) is 1.60. The molecule has 0 aliphatic rings. The number of amides is 1. The van der Waals surface area contributed by atoms with E-state index >= 15 is 0 Å². The Bertz CT molecular complexity index is 376. The van der Waals surface area contributed by atoms with E-state index in [1.165, 1.54) is 0 Å². The van der Waals surface area contributed by atoms with Crippen LogP contribution >= 0.6 is 0 Å². The van der Waals surface area contributed by atoms with Gasteiger partial charge in [-0.25, -0.2) is 0 Å². The summed E-state index contributed by atoms with van der Waals surface area (Å²) in [5.41, 5.74) is 6.27. The van der Waals surface area contributed by atoms with Gasteiger partial charge in [0, 0.05) is 6.54 Å². The van der Waals surface area contributed by atoms with Crippen molar-refractivity contribution in [2.45, 2.75) is 26.7 Å². The van der Waals surface area contributed by atoms with Gasteiger partial charge in [0.2, 0.25) is 5.91 Å². The van der Waals surface area contributed by atoms with Gasteiger partial charge < -0.3 is 15.8 Å². The lowest BCUT2D eigenvalue weighted by Crippen LogP contribution is -2.28. The molecule has 1 aromatic rings. The van der Waals surface area contributed by atoms with E-state index in [4.69, 9.17) is 10.5 Å². The van der Waals surface area contributed by atoms with E-state index in [9.17, 15) is 4.79 Å². The van der Waals surface area contributed by atoms with Crippen LogP contribution in [0.3, 0.4) is 0 Å². The zero-order valence-electron chi connectivity index (χ0n) is 11.1. The summed E-state index contributed by atoms with van der Waals surface area (Å²) in [5.74, 6) is 0.511. The predicted octanol–water partition coefficient (Wildman–Crippen LogP) is 2.40. The average Bonchev–Trinajstić information content (AvgIpc) is 2.39. The Morgan fingerprint density at radius 2 is 2.11 bits per heavy atom. The molecule has 18 heavy (non-hydrogen) atoms. The molecule has 0 radical (unpaired) electrons. The number of carbonyl (C=O) groups is 1. The van der Waals surface area contributed by atoms with Crippen molar-refractivity contribution in [2.24, 2.45) is 11.7 Å². The third-order valence-corrected chi connectivity index (χ3v) is 2.75. The number of benzene rings is 1. The van der Waals surface area contributed by atoms with Gasteiger partial charge in [0.25, 0.3) is 0 Å². The van der Waals surface area contributed by atoms with Gasteiger partial charge in [-0.3, -0.25) is 4.79 Å². The summed E-state index contributed by atoms with van der Waals surface area (Å²) >= 11 is 0. The zero-order chi connectivity index (χ0) is 13.4. The first-order chi connectivity index (χ1) is 8.72. The van der Waals surface area contributed by atoms with Crippen molar-refractivity contribution in [3.8, 4) is 5.75 Å². The van der Waals surface area contributed by atoms with E-state index in [0.717, 1.165) is 12.8 Å². The van der Waals surface area contributed by atoms with Crippen molar-refractivity contribution in [2.75, 3.05) is 18.5 Å². The summed E-state index contributed by atoms with van der Waals surface area (Å²) in [6.45, 7) is 5.00. The summed E-state index contributed by atoms with van der Waals surface area (Å²) in [6.07, 6.45) is 1.67. The number of hydrogen-bond acceptors (Lipinski definition) is 3. The molecule has 1 rings (SSSR count). The van der Waals surface area contributed by atoms with Crippen LogP contribution in [-0.2, 0) is 4.79 Å². The van der Waals surface area contributed by atoms with Crippen LogP contribution in [0.1, 0.15) is 26.7 Å². The van der Waals surface area contributed by atoms with Crippen LogP contribution in [0.4, 0.5) is 5.69 Å². The van der Waals surface area contributed by atoms with E-state index in [1.807, 2.05) is 38.1 Å². The van der Waals surface area contributed by atoms with Crippen LogP contribution in [0.2, 0.25) is 0 Å². The SMILES string of the molecule is CCCOc1ccccc1NC(=O)C(CC)CN. The van der Waals surface area contributed by atoms with Crippen molar-refractivity contribution in [3.63, 3.8) is 0 Å². The molecule has 4 nitrogen and oxygen atoms in total. The molecular weight excluding hydrogens is 228 g/mol. The fourth-order valence-electron chi connectivity index (χ4n) is 1.60. The van der Waals surface area contributed by atoms with Gasteiger partial charge in [-0.1, -0.05) is 26.0 Å². The summed E-state index contributed by atoms with van der Waals surface area (Å²) < 4.78 is 5.59. The van der Waals surface area contributed by atoms with Gasteiger partial charge in [-0.2, -0.15) is 0 Å². The highest BCUT2D eigenvalue weighted by Crippen LogP contribution is 2.24. The molecule has 0 saturated heterocycles. The minimum Gasteiger partial charge on any atom is -0.491 e. The molecule has 0 saturated carbocycles. The number of carbonyl (C=O) groups excluding carboxylic acids is 1. The number of rotatable bonds is 7. The quantitative estimate of drug-likeness (QED) is 0.781. The minimum absolute atomic E-state index is 0.0486. The number of para-hydroxylation sites is 2. The lowest BCUT2D eigenvalue weighted by molar-refractivity contribution is -0.119. The molecule has 100 valence electrons. The van der Waals surface area contributed by atoms with Gasteiger partial charge in [0.05, 0.1) is 18.2 Å². The Morgan fingerprint density at radius 1 is 1.39 bits per heavy atom. The molecule has 0 spiro atoms. The number of nitrogens with two attached hydrogens (primary N) is 1. The first kappa shape index (κ1) is 14.5. The minimum atomic E-state index is -0.149. The van der Waals surface area contributed by atoms with Crippen LogP contribution in [0.25, 0.3) is 0 Å². The summed E-state index contributed by atoms with van der Waals surface area (Å²) in [4.78, 5) is 12.0. The zero-order valence-corrected chi connectivity index (χ0v) is 11.1. The van der Waals surface area contributed by atoms with E-state index in [2.05, 4.69) is 5.32 Å². The van der Waals surface area contributed by atoms with Crippen molar-refractivity contribution in [1.82, 2.24) is 0 Å². The first-order valence-corrected chi connectivity index (χ1v) is 6.45. The Hall–Kier alpha value is -1.55. The molecule has 0 fully saturated rings. The Balaban J connectivity index is 2.73. The third-order valence-electron chi connectivity index (χ3n) is 2.75. The maximum absolute atomic E-state index is 12.0. The maximum atomic E-state index is 12.0. The molecule has 1 unspecified atom stereocenters. The van der Waals surface area contributed by atoms with Gasteiger partial charge in [0.1, 0.15) is 5.75 Å². The third kappa shape index (κ3) is 4.04. The highest BCUT2D eigenvalue weighted by Gasteiger charge is 2.15. The normalized spacial score (nSPS) is 11.9. The van der Waals surface area contributed by atoms with Crippen LogP contribution in [0, 0.1) is 5.92 Å². The Kier molecular flexibility index (Phi) is 6.22. The molecule has 4 heteroatoms. The number of nitrogens with one attached hydrogen (secondary N) is 1. The molecule has 3 N–H and O–H groups in total. The second-order valence-corrected chi connectivity index (χ2v) is 4.17. The summed E-state index contributed by atoms with van der Waals surface area (Å²) in [6, 6.07) is 7.46. The standard InChI is InChI=1S/C14H22N2O2/c1-3-9-18-13-8-6-5-7-12(13)16-14(17)11(4-2)10-15/h5-8,11H,3-4,9-10,15H2,1-2H3,(H,16,17). The second-order valence-electron chi connectivity index (χ2n) is 4.17. The average molecular weight is 250 g/mol. The lowest BCUT2D eigenvalue weighted by Gasteiger charge is -2.15. The van der Waals surface area contributed by atoms with Gasteiger partial charge in [-0.05, 0) is 25.0 Å². The molecule has 0 aliphatic heterocycles. The molecular formula is C14H22N2O2. The molecule has 0 aliphatic carbocycles. The van der Waals surface area contributed by atoms with Gasteiger partial charge in [0.15, 0.2) is 0 Å². The highest BCUT2D eigenvalue weighted by molar-refractivity contribution is 5.94. The Labute approximate surface area is 109 Å². The molecule has 1 atom stereocenters. The molecule has 0 heterocycles. The van der Waals surface area contributed by atoms with Crippen LogP contribution in [-0.4, -0.2) is 19.1 Å². The van der Waals surface area contributed by atoms with Crippen molar-refractivity contribution in [1.29, 1.82) is 0 Å². The molecule has 1 amide bonds. The van der Waals surface area contributed by atoms with Crippen LogP contribution < -0.4 is 15.8 Å². The monoisotopic (exact) mass is 250 g/mol. The van der Waals surface area contributed by atoms with Crippen molar-refractivity contribution >= 4 is 11.6 Å². The van der Waals surface area contributed by atoms with Gasteiger partial charge >= 0.3 is 0 Å². The van der Waals surface area contributed by atoms with Crippen molar-refractivity contribution in [3.05, 3.63) is 24.3 Å². The van der Waals surface area contributed by atoms with Gasteiger partial charge in [-0.15, -0.1) is 0 Å². The lowest BCUT2D eigenvalue weighted by atomic mass is 10.1. The fraction of sp³-hybridized carbons (Fsp3) is 0.500. The number of ether oxygens (including phenoxy) is 1. The second kappa shape index (κ2) is 7.71. The van der Waals surface area contributed by atoms with E-state index in [1.54, 1.807) is 0 Å². The summed E-state index contributed by atoms with van der Waals surface area (Å²) in [7, 11) is 0. The maximum Gasteiger partial charge on any atom is 0.228 e. The topological polar surface area (TPSA) is 64.3 Å². The van der Waals surface area contributed by atoms with E-state index in [0.29, 0.717) is 24.6 Å². The van der Waals surface area contributed by atoms with Crippen LogP contribution in [0.15, 0.2) is 24.3 Å². The number of anilines is 1. The molecule has 0 bridgehead atoms. The first-order valence-electron chi connectivity index (χ1n) is 6.45. The smallest absolute Gasteiger partial charge is 0.228 e. The van der Waals surface area contributed by atoms with Crippen molar-refractivity contribution < 1.29 is 9.53 Å². The van der Waals surface area contributed by atoms with E-state index < -0.39 is 0 Å². The molecule has 1 aromatic carbocycles. The van der Waals surface area contributed by atoms with E-state index in [-0.39, 0.29) is 11.8 Å². The largest absolute Gasteiger partial charge is 0.491 e. The predicted molar refractivity (Wildman–Crippen MR) is 73.7 cm³/mol. The Morgan fingerprint density at radius 3 is 2.72 bits per heavy atom. The molecule has 0 aromatic heterocycles.